The van der Waals surface area contributed by atoms with Gasteiger partial charge in [0.2, 0.25) is 5.91 Å². The summed E-state index contributed by atoms with van der Waals surface area (Å²) in [6, 6.07) is 5.71. The van der Waals surface area contributed by atoms with E-state index in [1.165, 1.54) is 0 Å². The van der Waals surface area contributed by atoms with Crippen molar-refractivity contribution in [3.8, 4) is 0 Å². The van der Waals surface area contributed by atoms with Crippen LogP contribution in [0.15, 0.2) is 18.2 Å². The lowest BCUT2D eigenvalue weighted by atomic mass is 10.1. The topological polar surface area (TPSA) is 87.5 Å². The summed E-state index contributed by atoms with van der Waals surface area (Å²) in [5.41, 5.74) is 8.23. The zero-order valence-electron chi connectivity index (χ0n) is 14.8. The normalized spacial score (nSPS) is 12.3. The smallest absolute Gasteiger partial charge is 0.321 e. The fourth-order valence-electron chi connectivity index (χ4n) is 2.92. The van der Waals surface area contributed by atoms with E-state index in [0.29, 0.717) is 26.1 Å². The molecule has 0 bridgehead atoms. The number of nitrogens with zero attached hydrogens (tertiary/aromatic N) is 1. The number of halogens is 1. The molecular weight excluding hydrogens is 340 g/mol. The van der Waals surface area contributed by atoms with Crippen molar-refractivity contribution in [1.82, 2.24) is 5.32 Å². The van der Waals surface area contributed by atoms with Gasteiger partial charge in [-0.3, -0.25) is 9.69 Å². The highest BCUT2D eigenvalue weighted by molar-refractivity contribution is 5.96. The van der Waals surface area contributed by atoms with E-state index in [-0.39, 0.29) is 24.3 Å². The fourth-order valence-corrected chi connectivity index (χ4v) is 2.92. The van der Waals surface area contributed by atoms with Crippen LogP contribution in [-0.4, -0.2) is 31.6 Å². The van der Waals surface area contributed by atoms with Crippen LogP contribution in [0.25, 0.3) is 0 Å². The first-order valence-corrected chi connectivity index (χ1v) is 8.84. The summed E-state index contributed by atoms with van der Waals surface area (Å²) in [7, 11) is 0. The van der Waals surface area contributed by atoms with Crippen LogP contribution in [0.1, 0.15) is 44.6 Å². The summed E-state index contributed by atoms with van der Waals surface area (Å²) in [5, 5.41) is 5.76. The Morgan fingerprint density at radius 3 is 2.68 bits per heavy atom. The largest absolute Gasteiger partial charge is 0.338 e. The third-order valence-electron chi connectivity index (χ3n) is 4.20. The van der Waals surface area contributed by atoms with Gasteiger partial charge in [0.25, 0.3) is 0 Å². The molecule has 0 aromatic heterocycles. The molecule has 0 spiro atoms. The van der Waals surface area contributed by atoms with Crippen LogP contribution in [0.2, 0.25) is 0 Å². The molecule has 0 radical (unpaired) electrons. The summed E-state index contributed by atoms with van der Waals surface area (Å²) in [5.74, 6) is 0.0188. The highest BCUT2D eigenvalue weighted by Crippen LogP contribution is 2.31. The summed E-state index contributed by atoms with van der Waals surface area (Å²) >= 11 is 0. The number of hydrogen-bond donors (Lipinski definition) is 3. The van der Waals surface area contributed by atoms with Crippen molar-refractivity contribution >= 4 is 35.7 Å². The average Bonchev–Trinajstić information content (AvgIpc) is 2.98. The Morgan fingerprint density at radius 2 is 1.96 bits per heavy atom. The van der Waals surface area contributed by atoms with Crippen molar-refractivity contribution < 1.29 is 9.59 Å². The monoisotopic (exact) mass is 368 g/mol. The third kappa shape index (κ3) is 6.21. The predicted octanol–water partition coefficient (Wildman–Crippen LogP) is 3.05. The molecular formula is C18H29ClN4O2. The van der Waals surface area contributed by atoms with Crippen molar-refractivity contribution in [3.05, 3.63) is 23.8 Å². The van der Waals surface area contributed by atoms with E-state index in [4.69, 9.17) is 5.73 Å². The van der Waals surface area contributed by atoms with Crippen molar-refractivity contribution in [3.63, 3.8) is 0 Å². The molecule has 0 atom stereocenters. The Labute approximate surface area is 155 Å². The molecule has 2 rings (SSSR count). The molecule has 0 aliphatic carbocycles. The van der Waals surface area contributed by atoms with Crippen LogP contribution >= 0.6 is 12.4 Å². The van der Waals surface area contributed by atoms with Crippen molar-refractivity contribution in [2.24, 2.45) is 5.73 Å². The Bertz CT molecular complexity index is 580. The van der Waals surface area contributed by atoms with E-state index in [1.807, 2.05) is 25.1 Å². The molecule has 1 aliphatic rings. The Kier molecular flexibility index (Phi) is 9.31. The van der Waals surface area contributed by atoms with E-state index in [9.17, 15) is 9.59 Å². The Balaban J connectivity index is 0.00000312. The minimum Gasteiger partial charge on any atom is -0.338 e. The number of benzene rings is 1. The molecule has 1 aliphatic heterocycles. The van der Waals surface area contributed by atoms with Gasteiger partial charge in [0.15, 0.2) is 0 Å². The lowest BCUT2D eigenvalue weighted by Crippen LogP contribution is -2.38. The van der Waals surface area contributed by atoms with Crippen LogP contribution in [0.3, 0.4) is 0 Å². The van der Waals surface area contributed by atoms with E-state index in [2.05, 4.69) is 10.6 Å². The van der Waals surface area contributed by atoms with Crippen LogP contribution in [0.4, 0.5) is 16.2 Å². The number of hydrogen-bond acceptors (Lipinski definition) is 3. The second kappa shape index (κ2) is 10.9. The molecule has 140 valence electrons. The highest BCUT2D eigenvalue weighted by Gasteiger charge is 2.24. The molecule has 0 saturated heterocycles. The van der Waals surface area contributed by atoms with Crippen molar-refractivity contribution in [2.45, 2.75) is 45.4 Å². The number of nitrogens with two attached hydrogens (primary N) is 1. The van der Waals surface area contributed by atoms with Crippen LogP contribution in [-0.2, 0) is 11.2 Å². The molecule has 0 fully saturated rings. The van der Waals surface area contributed by atoms with Gasteiger partial charge in [0, 0.05) is 25.2 Å². The number of nitrogens with one attached hydrogen (secondary N) is 2. The molecule has 1 aromatic carbocycles. The highest BCUT2D eigenvalue weighted by atomic mass is 35.5. The van der Waals surface area contributed by atoms with Crippen molar-refractivity contribution in [1.29, 1.82) is 0 Å². The van der Waals surface area contributed by atoms with Gasteiger partial charge >= 0.3 is 6.03 Å². The minimum absolute atomic E-state index is 0. The minimum atomic E-state index is -0.0837. The van der Waals surface area contributed by atoms with E-state index >= 15 is 0 Å². The number of amides is 3. The Morgan fingerprint density at radius 1 is 1.20 bits per heavy atom. The molecule has 6 nitrogen and oxygen atoms in total. The number of anilines is 2. The number of fused-ring (bicyclic) bond motifs is 1. The predicted molar refractivity (Wildman–Crippen MR) is 105 cm³/mol. The maximum Gasteiger partial charge on any atom is 0.321 e. The van der Waals surface area contributed by atoms with Gasteiger partial charge in [-0.2, -0.15) is 0 Å². The fraction of sp³-hybridized carbons (Fsp3) is 0.556. The second-order valence-electron chi connectivity index (χ2n) is 6.08. The van der Waals surface area contributed by atoms with Gasteiger partial charge in [-0.1, -0.05) is 18.9 Å². The summed E-state index contributed by atoms with van der Waals surface area (Å²) in [6.45, 7) is 3.90. The lowest BCUT2D eigenvalue weighted by molar-refractivity contribution is -0.116. The number of unbranched alkanes of at least 4 members (excludes halogenated alkanes) is 3. The first kappa shape index (κ1) is 21.3. The standard InChI is InChI=1S/C18H28N4O2.ClH/c1-2-20-18(24)22-12-10-14-8-9-15(13-16(14)22)21-17(23)7-5-3-4-6-11-19;/h8-9,13H,2-7,10-12,19H2,1H3,(H,20,24)(H,21,23);1H. The molecule has 0 unspecified atom stereocenters. The molecule has 7 heteroatoms. The summed E-state index contributed by atoms with van der Waals surface area (Å²) in [6.07, 6.45) is 5.36. The van der Waals surface area contributed by atoms with Gasteiger partial charge in [-0.05, 0) is 50.4 Å². The number of urea groups is 1. The number of rotatable bonds is 8. The van der Waals surface area contributed by atoms with E-state index in [1.54, 1.807) is 4.90 Å². The Hall–Kier alpha value is -1.79. The van der Waals surface area contributed by atoms with Gasteiger partial charge < -0.3 is 16.4 Å². The van der Waals surface area contributed by atoms with Gasteiger partial charge in [-0.15, -0.1) is 12.4 Å². The van der Waals surface area contributed by atoms with Crippen molar-refractivity contribution in [2.75, 3.05) is 29.9 Å². The molecule has 25 heavy (non-hydrogen) atoms. The number of carbonyl (C=O) groups is 2. The lowest BCUT2D eigenvalue weighted by Gasteiger charge is -2.18. The number of carbonyl (C=O) groups excluding carboxylic acids is 2. The molecule has 1 heterocycles. The summed E-state index contributed by atoms with van der Waals surface area (Å²) < 4.78 is 0. The quantitative estimate of drug-likeness (QED) is 0.616. The average molecular weight is 369 g/mol. The zero-order valence-corrected chi connectivity index (χ0v) is 15.7. The first-order chi connectivity index (χ1) is 11.7. The van der Waals surface area contributed by atoms with E-state index in [0.717, 1.165) is 49.0 Å². The summed E-state index contributed by atoms with van der Waals surface area (Å²) in [4.78, 5) is 25.9. The van der Waals surface area contributed by atoms with E-state index < -0.39 is 0 Å². The van der Waals surface area contributed by atoms with Crippen LogP contribution in [0.5, 0.6) is 0 Å². The van der Waals surface area contributed by atoms with Crippen LogP contribution in [0, 0.1) is 0 Å². The zero-order chi connectivity index (χ0) is 17.4. The second-order valence-corrected chi connectivity index (χ2v) is 6.08. The maximum absolute atomic E-state index is 12.1. The maximum atomic E-state index is 12.1. The molecule has 1 aromatic rings. The SMILES string of the molecule is CCNC(=O)N1CCc2ccc(NC(=O)CCCCCCN)cc21.Cl. The first-order valence-electron chi connectivity index (χ1n) is 8.84. The van der Waals surface area contributed by atoms with Gasteiger partial charge in [0.05, 0.1) is 5.69 Å². The van der Waals surface area contributed by atoms with Crippen LogP contribution < -0.4 is 21.3 Å². The third-order valence-corrected chi connectivity index (χ3v) is 4.20. The molecule has 0 saturated carbocycles. The molecule has 4 N–H and O–H groups in total. The van der Waals surface area contributed by atoms with Gasteiger partial charge in [-0.25, -0.2) is 4.79 Å². The molecule has 3 amide bonds. The van der Waals surface area contributed by atoms with Gasteiger partial charge in [0.1, 0.15) is 0 Å².